The molecule has 0 bridgehead atoms. The summed E-state index contributed by atoms with van der Waals surface area (Å²) in [5, 5.41) is 6.78. The third kappa shape index (κ3) is 7.79. The summed E-state index contributed by atoms with van der Waals surface area (Å²) in [4.78, 5) is 26.3. The predicted octanol–water partition coefficient (Wildman–Crippen LogP) is 2.19. The van der Waals surface area contributed by atoms with E-state index in [0.29, 0.717) is 11.3 Å². The summed E-state index contributed by atoms with van der Waals surface area (Å²) in [6, 6.07) is 14.7. The smallest absolute Gasteiger partial charge is 0.271 e. The Morgan fingerprint density at radius 1 is 1.09 bits per heavy atom. The molecule has 2 amide bonds. The minimum atomic E-state index is -0.268. The average Bonchev–Trinajstić information content (AvgIpc) is 2.79. The largest absolute Gasteiger partial charge is 0.484 e. The monoisotopic (exact) mass is 438 g/mol. The van der Waals surface area contributed by atoms with E-state index < -0.39 is 0 Å². The van der Waals surface area contributed by atoms with E-state index in [-0.39, 0.29) is 24.5 Å². The van der Waals surface area contributed by atoms with Crippen LogP contribution in [0.15, 0.2) is 53.6 Å². The average molecular weight is 439 g/mol. The molecular weight excluding hydrogens is 408 g/mol. The van der Waals surface area contributed by atoms with Gasteiger partial charge in [0.15, 0.2) is 6.61 Å². The number of rotatable bonds is 9. The number of nitrogens with zero attached hydrogens (tertiary/aromatic N) is 2. The van der Waals surface area contributed by atoms with Crippen molar-refractivity contribution >= 4 is 18.0 Å². The number of ether oxygens (including phenoxy) is 2. The topological polar surface area (TPSA) is 92.3 Å². The second-order valence-corrected chi connectivity index (χ2v) is 7.86. The van der Waals surface area contributed by atoms with Gasteiger partial charge < -0.3 is 14.8 Å². The highest BCUT2D eigenvalue weighted by Crippen LogP contribution is 2.11. The normalized spacial score (nSPS) is 14.5. The first-order valence-electron chi connectivity index (χ1n) is 10.7. The number of hydrogen-bond acceptors (Lipinski definition) is 6. The molecule has 0 radical (unpaired) electrons. The number of amides is 2. The maximum absolute atomic E-state index is 12.3. The lowest BCUT2D eigenvalue weighted by atomic mass is 10.1. The van der Waals surface area contributed by atoms with Crippen molar-refractivity contribution < 1.29 is 19.1 Å². The number of carbonyl (C=O) groups excluding carboxylic acids is 2. The van der Waals surface area contributed by atoms with Crippen LogP contribution in [-0.4, -0.2) is 61.9 Å². The van der Waals surface area contributed by atoms with Crippen LogP contribution >= 0.6 is 0 Å². The molecular formula is C24H30N4O4. The first-order valence-corrected chi connectivity index (χ1v) is 10.7. The Labute approximate surface area is 188 Å². The number of benzene rings is 2. The van der Waals surface area contributed by atoms with Gasteiger partial charge in [-0.3, -0.25) is 14.5 Å². The summed E-state index contributed by atoms with van der Waals surface area (Å²) in [6.07, 6.45) is 1.56. The molecule has 1 heterocycles. The van der Waals surface area contributed by atoms with Gasteiger partial charge in [0.25, 0.3) is 11.8 Å². The van der Waals surface area contributed by atoms with Crippen molar-refractivity contribution in [2.45, 2.75) is 26.4 Å². The van der Waals surface area contributed by atoms with Gasteiger partial charge in [0.05, 0.1) is 19.4 Å². The second-order valence-electron chi connectivity index (χ2n) is 7.86. The van der Waals surface area contributed by atoms with Crippen molar-refractivity contribution in [3.05, 3.63) is 65.2 Å². The van der Waals surface area contributed by atoms with Crippen LogP contribution in [0.3, 0.4) is 0 Å². The lowest BCUT2D eigenvalue weighted by molar-refractivity contribution is -0.123. The summed E-state index contributed by atoms with van der Waals surface area (Å²) in [6.45, 7) is 8.00. The van der Waals surface area contributed by atoms with Crippen LogP contribution in [0.4, 0.5) is 0 Å². The van der Waals surface area contributed by atoms with Crippen LogP contribution in [0.1, 0.15) is 35.3 Å². The lowest BCUT2D eigenvalue weighted by Gasteiger charge is -2.26. The quantitative estimate of drug-likeness (QED) is 0.463. The van der Waals surface area contributed by atoms with Gasteiger partial charge in [-0.05, 0) is 61.4 Å². The van der Waals surface area contributed by atoms with Gasteiger partial charge in [-0.1, -0.05) is 12.1 Å². The minimum absolute atomic E-state index is 0.0348. The molecule has 2 aromatic carbocycles. The highest BCUT2D eigenvalue weighted by molar-refractivity contribution is 5.94. The highest BCUT2D eigenvalue weighted by atomic mass is 16.5. The zero-order valence-electron chi connectivity index (χ0n) is 18.5. The molecule has 8 nitrogen and oxygen atoms in total. The molecule has 0 atom stereocenters. The van der Waals surface area contributed by atoms with Crippen molar-refractivity contribution in [3.63, 3.8) is 0 Å². The number of hydrazone groups is 1. The molecule has 32 heavy (non-hydrogen) atoms. The van der Waals surface area contributed by atoms with Crippen LogP contribution in [0.2, 0.25) is 0 Å². The van der Waals surface area contributed by atoms with Crippen LogP contribution in [0, 0.1) is 0 Å². The molecule has 1 aliphatic rings. The molecule has 3 rings (SSSR count). The number of morpholine rings is 1. The summed E-state index contributed by atoms with van der Waals surface area (Å²) < 4.78 is 10.8. The van der Waals surface area contributed by atoms with E-state index in [0.717, 1.165) is 44.0 Å². The van der Waals surface area contributed by atoms with Gasteiger partial charge in [0.2, 0.25) is 0 Å². The first-order chi connectivity index (χ1) is 15.5. The van der Waals surface area contributed by atoms with Crippen molar-refractivity contribution in [2.75, 3.05) is 32.9 Å². The SMILES string of the molecule is CC(C)NC(=O)COc1ccc(/C=N\NC(=O)c2ccc(CN3CCOCC3)cc2)cc1. The molecule has 0 spiro atoms. The van der Waals surface area contributed by atoms with Crippen molar-refractivity contribution in [1.82, 2.24) is 15.6 Å². The standard InChI is InChI=1S/C24H30N4O4/c1-18(2)26-23(29)17-32-22-9-5-19(6-10-22)15-25-27-24(30)21-7-3-20(4-8-21)16-28-11-13-31-14-12-28/h3-10,15,18H,11-14,16-17H2,1-2H3,(H,26,29)(H,27,30)/b25-15-. The van der Waals surface area contributed by atoms with E-state index in [1.165, 1.54) is 0 Å². The van der Waals surface area contributed by atoms with Crippen LogP contribution in [0.25, 0.3) is 0 Å². The summed E-state index contributed by atoms with van der Waals surface area (Å²) >= 11 is 0. The van der Waals surface area contributed by atoms with Crippen molar-refractivity contribution in [1.29, 1.82) is 0 Å². The van der Waals surface area contributed by atoms with E-state index in [1.807, 2.05) is 38.1 Å². The number of nitrogens with one attached hydrogen (secondary N) is 2. The van der Waals surface area contributed by atoms with E-state index >= 15 is 0 Å². The molecule has 8 heteroatoms. The molecule has 0 unspecified atom stereocenters. The Morgan fingerprint density at radius 3 is 2.44 bits per heavy atom. The molecule has 2 N–H and O–H groups in total. The third-order valence-corrected chi connectivity index (χ3v) is 4.81. The molecule has 0 aliphatic carbocycles. The molecule has 0 saturated carbocycles. The fourth-order valence-electron chi connectivity index (χ4n) is 3.17. The molecule has 1 saturated heterocycles. The number of hydrogen-bond donors (Lipinski definition) is 2. The lowest BCUT2D eigenvalue weighted by Crippen LogP contribution is -2.35. The molecule has 1 fully saturated rings. The Morgan fingerprint density at radius 2 is 1.78 bits per heavy atom. The molecule has 1 aliphatic heterocycles. The van der Waals surface area contributed by atoms with Crippen LogP contribution in [-0.2, 0) is 16.1 Å². The Bertz CT molecular complexity index is 905. The van der Waals surface area contributed by atoms with E-state index in [1.54, 1.807) is 30.5 Å². The number of carbonyl (C=O) groups is 2. The predicted molar refractivity (Wildman–Crippen MR) is 123 cm³/mol. The maximum Gasteiger partial charge on any atom is 0.271 e. The van der Waals surface area contributed by atoms with Crippen molar-refractivity contribution in [2.24, 2.45) is 5.10 Å². The van der Waals surface area contributed by atoms with Gasteiger partial charge in [0.1, 0.15) is 5.75 Å². The van der Waals surface area contributed by atoms with E-state index in [4.69, 9.17) is 9.47 Å². The maximum atomic E-state index is 12.3. The first kappa shape index (κ1) is 23.4. The van der Waals surface area contributed by atoms with Gasteiger partial charge in [-0.15, -0.1) is 0 Å². The fourth-order valence-corrected chi connectivity index (χ4v) is 3.17. The Hall–Kier alpha value is -3.23. The summed E-state index contributed by atoms with van der Waals surface area (Å²) in [5.74, 6) is 0.153. The summed E-state index contributed by atoms with van der Waals surface area (Å²) in [5.41, 5.74) is 5.05. The van der Waals surface area contributed by atoms with Gasteiger partial charge in [-0.2, -0.15) is 5.10 Å². The summed E-state index contributed by atoms with van der Waals surface area (Å²) in [7, 11) is 0. The van der Waals surface area contributed by atoms with Gasteiger partial charge in [0, 0.05) is 31.2 Å². The Balaban J connectivity index is 1.43. The second kappa shape index (κ2) is 12.0. The van der Waals surface area contributed by atoms with E-state index in [9.17, 15) is 9.59 Å². The van der Waals surface area contributed by atoms with Gasteiger partial charge in [-0.25, -0.2) is 5.43 Å². The molecule has 170 valence electrons. The molecule has 2 aromatic rings. The minimum Gasteiger partial charge on any atom is -0.484 e. The zero-order valence-corrected chi connectivity index (χ0v) is 18.5. The van der Waals surface area contributed by atoms with Crippen LogP contribution < -0.4 is 15.5 Å². The zero-order chi connectivity index (χ0) is 22.8. The highest BCUT2D eigenvalue weighted by Gasteiger charge is 2.11. The Kier molecular flexibility index (Phi) is 8.77. The fraction of sp³-hybridized carbons (Fsp3) is 0.375. The van der Waals surface area contributed by atoms with E-state index in [2.05, 4.69) is 20.7 Å². The third-order valence-electron chi connectivity index (χ3n) is 4.81. The molecule has 0 aromatic heterocycles. The van der Waals surface area contributed by atoms with Crippen LogP contribution in [0.5, 0.6) is 5.75 Å². The van der Waals surface area contributed by atoms with Gasteiger partial charge >= 0.3 is 0 Å². The van der Waals surface area contributed by atoms with Crippen molar-refractivity contribution in [3.8, 4) is 5.75 Å².